The molecule has 9 heteroatoms. The Balaban J connectivity index is 1.63. The Hall–Kier alpha value is -3.36. The van der Waals surface area contributed by atoms with Gasteiger partial charge in [0.1, 0.15) is 0 Å². The van der Waals surface area contributed by atoms with E-state index in [1.807, 2.05) is 25.1 Å². The predicted octanol–water partition coefficient (Wildman–Crippen LogP) is 3.46. The molecule has 0 aliphatic carbocycles. The summed E-state index contributed by atoms with van der Waals surface area (Å²) in [5.74, 6) is -0.150. The molecule has 0 bridgehead atoms. The number of urea groups is 1. The highest BCUT2D eigenvalue weighted by Crippen LogP contribution is 2.21. The number of hydrogen-bond acceptors (Lipinski definition) is 4. The van der Waals surface area contributed by atoms with Crippen molar-refractivity contribution in [1.29, 1.82) is 0 Å². The Morgan fingerprint density at radius 1 is 1.10 bits per heavy atom. The fourth-order valence-corrected chi connectivity index (χ4v) is 2.84. The van der Waals surface area contributed by atoms with Gasteiger partial charge >= 0.3 is 6.03 Å². The SMILES string of the molecule is CN(C)CCNC(=O)c1cccc(-n2cc(NC(=O)Nc3ccccc3Cl)cn2)c1. The van der Waals surface area contributed by atoms with Gasteiger partial charge in [-0.2, -0.15) is 5.10 Å². The molecular formula is C21H23ClN6O2. The van der Waals surface area contributed by atoms with Crippen LogP contribution in [-0.4, -0.2) is 53.8 Å². The van der Waals surface area contributed by atoms with E-state index in [-0.39, 0.29) is 5.91 Å². The van der Waals surface area contributed by atoms with Gasteiger partial charge in [0, 0.05) is 18.7 Å². The number of likely N-dealkylation sites (N-methyl/N-ethyl adjacent to an activating group) is 1. The molecule has 3 N–H and O–H groups in total. The van der Waals surface area contributed by atoms with Crippen LogP contribution in [0.5, 0.6) is 0 Å². The zero-order valence-corrected chi connectivity index (χ0v) is 17.5. The van der Waals surface area contributed by atoms with Crippen LogP contribution in [0.15, 0.2) is 60.9 Å². The second-order valence-electron chi connectivity index (χ2n) is 6.84. The van der Waals surface area contributed by atoms with Gasteiger partial charge in [-0.25, -0.2) is 9.48 Å². The fraction of sp³-hybridized carbons (Fsp3) is 0.190. The second kappa shape index (κ2) is 9.91. The van der Waals surface area contributed by atoms with Crippen molar-refractivity contribution in [3.05, 3.63) is 71.5 Å². The van der Waals surface area contributed by atoms with E-state index in [4.69, 9.17) is 11.6 Å². The largest absolute Gasteiger partial charge is 0.351 e. The number of para-hydroxylation sites is 1. The minimum atomic E-state index is -0.434. The first-order valence-corrected chi connectivity index (χ1v) is 9.71. The number of nitrogens with zero attached hydrogens (tertiary/aromatic N) is 3. The quantitative estimate of drug-likeness (QED) is 0.539. The standard InChI is InChI=1S/C21H23ClN6O2/c1-27(2)11-10-23-20(29)15-6-5-7-17(12-15)28-14-16(13-24-28)25-21(30)26-19-9-4-3-8-18(19)22/h3-9,12-14H,10-11H2,1-2H3,(H,23,29)(H2,25,26,30). The molecule has 0 saturated heterocycles. The molecule has 3 amide bonds. The van der Waals surface area contributed by atoms with Gasteiger partial charge < -0.3 is 20.9 Å². The zero-order chi connectivity index (χ0) is 21.5. The zero-order valence-electron chi connectivity index (χ0n) is 16.7. The highest BCUT2D eigenvalue weighted by molar-refractivity contribution is 6.33. The maximum atomic E-state index is 12.3. The lowest BCUT2D eigenvalue weighted by molar-refractivity contribution is 0.0951. The van der Waals surface area contributed by atoms with Gasteiger partial charge in [-0.1, -0.05) is 29.8 Å². The van der Waals surface area contributed by atoms with E-state index in [9.17, 15) is 9.59 Å². The normalized spacial score (nSPS) is 10.7. The lowest BCUT2D eigenvalue weighted by atomic mass is 10.2. The molecule has 0 saturated carbocycles. The molecule has 30 heavy (non-hydrogen) atoms. The Labute approximate surface area is 179 Å². The van der Waals surface area contributed by atoms with Gasteiger partial charge in [-0.3, -0.25) is 4.79 Å². The van der Waals surface area contributed by atoms with E-state index in [1.54, 1.807) is 53.3 Å². The molecule has 0 fully saturated rings. The van der Waals surface area contributed by atoms with Gasteiger partial charge in [0.25, 0.3) is 5.91 Å². The summed E-state index contributed by atoms with van der Waals surface area (Å²) in [6.45, 7) is 1.32. The molecule has 0 radical (unpaired) electrons. The minimum absolute atomic E-state index is 0.150. The van der Waals surface area contributed by atoms with Crippen LogP contribution in [0.1, 0.15) is 10.4 Å². The third-order valence-electron chi connectivity index (χ3n) is 4.18. The number of halogens is 1. The number of anilines is 2. The number of amides is 3. The molecule has 156 valence electrons. The van der Waals surface area contributed by atoms with Crippen LogP contribution in [-0.2, 0) is 0 Å². The molecule has 0 spiro atoms. The first-order chi connectivity index (χ1) is 14.4. The van der Waals surface area contributed by atoms with Crippen molar-refractivity contribution >= 4 is 34.9 Å². The van der Waals surface area contributed by atoms with Crippen LogP contribution in [0.2, 0.25) is 5.02 Å². The average molecular weight is 427 g/mol. The topological polar surface area (TPSA) is 91.3 Å². The summed E-state index contributed by atoms with van der Waals surface area (Å²) < 4.78 is 1.59. The number of nitrogens with one attached hydrogen (secondary N) is 3. The fourth-order valence-electron chi connectivity index (χ4n) is 2.66. The summed E-state index contributed by atoms with van der Waals surface area (Å²) in [5, 5.41) is 13.0. The Kier molecular flexibility index (Phi) is 7.05. The summed E-state index contributed by atoms with van der Waals surface area (Å²) in [4.78, 5) is 26.5. The molecule has 8 nitrogen and oxygen atoms in total. The van der Waals surface area contributed by atoms with Crippen LogP contribution in [0.4, 0.5) is 16.2 Å². The van der Waals surface area contributed by atoms with E-state index in [1.165, 1.54) is 6.20 Å². The van der Waals surface area contributed by atoms with Crippen LogP contribution in [0.3, 0.4) is 0 Å². The van der Waals surface area contributed by atoms with Gasteiger partial charge in [0.15, 0.2) is 0 Å². The van der Waals surface area contributed by atoms with Crippen LogP contribution in [0, 0.1) is 0 Å². The molecule has 2 aromatic carbocycles. The number of carbonyl (C=O) groups excluding carboxylic acids is 2. The first-order valence-electron chi connectivity index (χ1n) is 9.33. The summed E-state index contributed by atoms with van der Waals surface area (Å²) in [6, 6.07) is 13.6. The number of rotatable bonds is 7. The first kappa shape index (κ1) is 21.4. The van der Waals surface area contributed by atoms with Gasteiger partial charge in [0.2, 0.25) is 0 Å². The molecule has 0 atom stereocenters. The van der Waals surface area contributed by atoms with Crippen molar-refractivity contribution in [1.82, 2.24) is 20.0 Å². The summed E-state index contributed by atoms with van der Waals surface area (Å²) in [6.07, 6.45) is 3.19. The van der Waals surface area contributed by atoms with Gasteiger partial charge in [0.05, 0.1) is 34.5 Å². The molecule has 0 unspecified atom stereocenters. The van der Waals surface area contributed by atoms with Crippen LogP contribution < -0.4 is 16.0 Å². The maximum Gasteiger partial charge on any atom is 0.323 e. The van der Waals surface area contributed by atoms with E-state index < -0.39 is 6.03 Å². The molecule has 1 aromatic heterocycles. The molecule has 0 aliphatic rings. The highest BCUT2D eigenvalue weighted by atomic mass is 35.5. The monoisotopic (exact) mass is 426 g/mol. The van der Waals surface area contributed by atoms with Crippen LogP contribution in [0.25, 0.3) is 5.69 Å². The smallest absolute Gasteiger partial charge is 0.323 e. The van der Waals surface area contributed by atoms with E-state index in [0.29, 0.717) is 34.2 Å². The third-order valence-corrected chi connectivity index (χ3v) is 4.51. The van der Waals surface area contributed by atoms with Crippen molar-refractivity contribution in [2.24, 2.45) is 0 Å². The van der Waals surface area contributed by atoms with Gasteiger partial charge in [-0.15, -0.1) is 0 Å². The number of aromatic nitrogens is 2. The molecule has 1 heterocycles. The number of hydrogen-bond donors (Lipinski definition) is 3. The van der Waals surface area contributed by atoms with E-state index in [2.05, 4.69) is 21.0 Å². The average Bonchev–Trinajstić information content (AvgIpc) is 3.18. The van der Waals surface area contributed by atoms with Crippen molar-refractivity contribution in [3.8, 4) is 5.69 Å². The number of benzene rings is 2. The van der Waals surface area contributed by atoms with Gasteiger partial charge in [-0.05, 0) is 44.4 Å². The van der Waals surface area contributed by atoms with Crippen molar-refractivity contribution in [2.75, 3.05) is 37.8 Å². The Morgan fingerprint density at radius 2 is 1.90 bits per heavy atom. The predicted molar refractivity (Wildman–Crippen MR) is 119 cm³/mol. The Morgan fingerprint density at radius 3 is 2.67 bits per heavy atom. The lowest BCUT2D eigenvalue weighted by Gasteiger charge is -2.11. The van der Waals surface area contributed by atoms with E-state index >= 15 is 0 Å². The van der Waals surface area contributed by atoms with Crippen LogP contribution >= 0.6 is 11.6 Å². The molecule has 0 aliphatic heterocycles. The van der Waals surface area contributed by atoms with E-state index in [0.717, 1.165) is 6.54 Å². The Bertz CT molecular complexity index is 1030. The highest BCUT2D eigenvalue weighted by Gasteiger charge is 2.10. The minimum Gasteiger partial charge on any atom is -0.351 e. The number of carbonyl (C=O) groups is 2. The molecule has 3 aromatic rings. The summed E-state index contributed by atoms with van der Waals surface area (Å²) in [5.41, 5.74) is 2.25. The molecular weight excluding hydrogens is 404 g/mol. The third kappa shape index (κ3) is 5.82. The lowest BCUT2D eigenvalue weighted by Crippen LogP contribution is -2.31. The molecule has 3 rings (SSSR count). The summed E-state index contributed by atoms with van der Waals surface area (Å²) >= 11 is 6.05. The van der Waals surface area contributed by atoms with Crippen molar-refractivity contribution in [3.63, 3.8) is 0 Å². The van der Waals surface area contributed by atoms with Crippen molar-refractivity contribution in [2.45, 2.75) is 0 Å². The summed E-state index contributed by atoms with van der Waals surface area (Å²) in [7, 11) is 3.90. The maximum absolute atomic E-state index is 12.3. The second-order valence-corrected chi connectivity index (χ2v) is 7.25. The van der Waals surface area contributed by atoms with Crippen molar-refractivity contribution < 1.29 is 9.59 Å².